The summed E-state index contributed by atoms with van der Waals surface area (Å²) in [5.41, 5.74) is 2.54. The highest BCUT2D eigenvalue weighted by atomic mass is 32.1. The van der Waals surface area contributed by atoms with E-state index in [1.54, 1.807) is 0 Å². The Labute approximate surface area is 97.7 Å². The molecule has 16 heavy (non-hydrogen) atoms. The molecule has 0 saturated carbocycles. The summed E-state index contributed by atoms with van der Waals surface area (Å²) in [5.74, 6) is 0.811. The zero-order chi connectivity index (χ0) is 11.1. The standard InChI is InChI=1S/C10H13N5S/c1-6-8-5-12-15(9(8)3-4-11-6)10-13-7(2)14-16-10/h5-6,11H,3-4H2,1-2H3. The molecule has 0 aliphatic carbocycles. The molecule has 0 amide bonds. The first-order valence-corrected chi connectivity index (χ1v) is 6.14. The number of rotatable bonds is 1. The molecule has 6 heteroatoms. The largest absolute Gasteiger partial charge is 0.310 e. The van der Waals surface area contributed by atoms with Gasteiger partial charge in [-0.25, -0.2) is 9.67 Å². The average molecular weight is 235 g/mol. The maximum absolute atomic E-state index is 4.42. The zero-order valence-corrected chi connectivity index (χ0v) is 10.1. The van der Waals surface area contributed by atoms with E-state index < -0.39 is 0 Å². The smallest absolute Gasteiger partial charge is 0.230 e. The molecule has 0 saturated heterocycles. The molecule has 0 aromatic carbocycles. The van der Waals surface area contributed by atoms with Gasteiger partial charge in [0.15, 0.2) is 0 Å². The first kappa shape index (κ1) is 9.92. The van der Waals surface area contributed by atoms with Crippen molar-refractivity contribution in [3.8, 4) is 5.13 Å². The van der Waals surface area contributed by atoms with Gasteiger partial charge in [0.25, 0.3) is 0 Å². The topological polar surface area (TPSA) is 55.6 Å². The molecule has 0 spiro atoms. The van der Waals surface area contributed by atoms with Crippen LogP contribution in [0, 0.1) is 6.92 Å². The van der Waals surface area contributed by atoms with Crippen LogP contribution in [0.2, 0.25) is 0 Å². The van der Waals surface area contributed by atoms with Crippen molar-refractivity contribution in [2.45, 2.75) is 26.3 Å². The van der Waals surface area contributed by atoms with Crippen molar-refractivity contribution in [2.75, 3.05) is 6.54 Å². The van der Waals surface area contributed by atoms with Crippen LogP contribution in [0.5, 0.6) is 0 Å². The van der Waals surface area contributed by atoms with E-state index in [0.717, 1.165) is 23.9 Å². The van der Waals surface area contributed by atoms with Crippen LogP contribution in [-0.2, 0) is 6.42 Å². The maximum Gasteiger partial charge on any atom is 0.230 e. The van der Waals surface area contributed by atoms with Crippen LogP contribution in [-0.4, -0.2) is 25.7 Å². The molecule has 3 rings (SSSR count). The molecule has 0 radical (unpaired) electrons. The van der Waals surface area contributed by atoms with Crippen LogP contribution in [0.4, 0.5) is 0 Å². The van der Waals surface area contributed by atoms with E-state index in [1.807, 2.05) is 17.8 Å². The van der Waals surface area contributed by atoms with Gasteiger partial charge < -0.3 is 5.32 Å². The number of fused-ring (bicyclic) bond motifs is 1. The second-order valence-electron chi connectivity index (χ2n) is 4.01. The number of aryl methyl sites for hydroxylation is 1. The Morgan fingerprint density at radius 2 is 2.44 bits per heavy atom. The molecule has 1 unspecified atom stereocenters. The molecular weight excluding hydrogens is 222 g/mol. The SMILES string of the molecule is Cc1nsc(-n2ncc3c2CCNC3C)n1. The first-order chi connectivity index (χ1) is 7.75. The number of hydrogen-bond donors (Lipinski definition) is 1. The van der Waals surface area contributed by atoms with Gasteiger partial charge >= 0.3 is 0 Å². The van der Waals surface area contributed by atoms with Gasteiger partial charge in [0.05, 0.1) is 11.9 Å². The maximum atomic E-state index is 4.42. The van der Waals surface area contributed by atoms with Crippen molar-refractivity contribution in [3.63, 3.8) is 0 Å². The van der Waals surface area contributed by atoms with Crippen LogP contribution in [0.25, 0.3) is 5.13 Å². The number of aromatic nitrogens is 4. The second-order valence-corrected chi connectivity index (χ2v) is 4.74. The minimum absolute atomic E-state index is 0.381. The number of hydrogen-bond acceptors (Lipinski definition) is 5. The Hall–Kier alpha value is -1.27. The molecule has 0 bridgehead atoms. The molecule has 1 aliphatic rings. The van der Waals surface area contributed by atoms with Crippen LogP contribution in [0.3, 0.4) is 0 Å². The lowest BCUT2D eigenvalue weighted by atomic mass is 10.0. The van der Waals surface area contributed by atoms with Gasteiger partial charge in [-0.15, -0.1) is 0 Å². The predicted molar refractivity (Wildman–Crippen MR) is 61.9 cm³/mol. The molecule has 1 atom stereocenters. The predicted octanol–water partition coefficient (Wildman–Crippen LogP) is 1.24. The van der Waals surface area contributed by atoms with Gasteiger partial charge in [-0.1, -0.05) is 0 Å². The van der Waals surface area contributed by atoms with Gasteiger partial charge in [0, 0.05) is 36.1 Å². The van der Waals surface area contributed by atoms with Crippen molar-refractivity contribution < 1.29 is 0 Å². The Bertz CT molecular complexity index is 515. The van der Waals surface area contributed by atoms with Gasteiger partial charge in [-0.2, -0.15) is 9.47 Å². The van der Waals surface area contributed by atoms with Crippen molar-refractivity contribution in [3.05, 3.63) is 23.3 Å². The van der Waals surface area contributed by atoms with Crippen molar-refractivity contribution in [1.29, 1.82) is 0 Å². The Kier molecular flexibility index (Phi) is 2.26. The molecule has 3 heterocycles. The van der Waals surface area contributed by atoms with E-state index in [4.69, 9.17) is 0 Å². The number of nitrogens with one attached hydrogen (secondary N) is 1. The quantitative estimate of drug-likeness (QED) is 0.808. The van der Waals surface area contributed by atoms with Crippen molar-refractivity contribution in [2.24, 2.45) is 0 Å². The van der Waals surface area contributed by atoms with Crippen LogP contribution in [0.15, 0.2) is 6.20 Å². The summed E-state index contributed by atoms with van der Waals surface area (Å²) < 4.78 is 6.12. The lowest BCUT2D eigenvalue weighted by Crippen LogP contribution is -2.28. The van der Waals surface area contributed by atoms with E-state index in [9.17, 15) is 0 Å². The molecule has 0 fully saturated rings. The first-order valence-electron chi connectivity index (χ1n) is 5.36. The summed E-state index contributed by atoms with van der Waals surface area (Å²) in [4.78, 5) is 4.37. The van der Waals surface area contributed by atoms with E-state index in [-0.39, 0.29) is 0 Å². The zero-order valence-electron chi connectivity index (χ0n) is 9.27. The number of nitrogens with zero attached hydrogens (tertiary/aromatic N) is 4. The highest BCUT2D eigenvalue weighted by Gasteiger charge is 2.22. The second kappa shape index (κ2) is 3.64. The molecular formula is C10H13N5S. The lowest BCUT2D eigenvalue weighted by Gasteiger charge is -2.20. The highest BCUT2D eigenvalue weighted by molar-refractivity contribution is 7.08. The van der Waals surface area contributed by atoms with Crippen molar-refractivity contribution in [1.82, 2.24) is 24.5 Å². The van der Waals surface area contributed by atoms with E-state index >= 15 is 0 Å². The highest BCUT2D eigenvalue weighted by Crippen LogP contribution is 2.24. The molecule has 5 nitrogen and oxygen atoms in total. The van der Waals surface area contributed by atoms with E-state index in [2.05, 4.69) is 26.7 Å². The Balaban J connectivity index is 2.09. The molecule has 1 N–H and O–H groups in total. The molecule has 84 valence electrons. The van der Waals surface area contributed by atoms with Crippen LogP contribution < -0.4 is 5.32 Å². The summed E-state index contributed by atoms with van der Waals surface area (Å²) in [6, 6.07) is 0.381. The van der Waals surface area contributed by atoms with Gasteiger partial charge in [0.2, 0.25) is 5.13 Å². The summed E-state index contributed by atoms with van der Waals surface area (Å²) in [7, 11) is 0. The third kappa shape index (κ3) is 1.45. The van der Waals surface area contributed by atoms with Crippen LogP contribution >= 0.6 is 11.5 Å². The minimum atomic E-state index is 0.381. The average Bonchev–Trinajstić information content (AvgIpc) is 2.84. The summed E-state index contributed by atoms with van der Waals surface area (Å²) in [5, 5.41) is 8.71. The molecule has 1 aliphatic heterocycles. The lowest BCUT2D eigenvalue weighted by molar-refractivity contribution is 0.531. The van der Waals surface area contributed by atoms with Gasteiger partial charge in [0.1, 0.15) is 5.82 Å². The molecule has 2 aromatic heterocycles. The fraction of sp³-hybridized carbons (Fsp3) is 0.500. The third-order valence-electron chi connectivity index (χ3n) is 2.88. The summed E-state index contributed by atoms with van der Waals surface area (Å²) >= 11 is 1.40. The fourth-order valence-corrected chi connectivity index (χ4v) is 2.71. The van der Waals surface area contributed by atoms with E-state index in [0.29, 0.717) is 6.04 Å². The van der Waals surface area contributed by atoms with Gasteiger partial charge in [-0.3, -0.25) is 0 Å². The monoisotopic (exact) mass is 235 g/mol. The Morgan fingerprint density at radius 3 is 3.19 bits per heavy atom. The Morgan fingerprint density at radius 1 is 1.56 bits per heavy atom. The van der Waals surface area contributed by atoms with Crippen molar-refractivity contribution >= 4 is 11.5 Å². The third-order valence-corrected chi connectivity index (χ3v) is 3.66. The van der Waals surface area contributed by atoms with Gasteiger partial charge in [-0.05, 0) is 13.8 Å². The minimum Gasteiger partial charge on any atom is -0.310 e. The van der Waals surface area contributed by atoms with Crippen LogP contribution in [0.1, 0.15) is 30.0 Å². The summed E-state index contributed by atoms with van der Waals surface area (Å²) in [6.45, 7) is 5.06. The van der Waals surface area contributed by atoms with E-state index in [1.165, 1.54) is 22.8 Å². The normalized spacial score (nSPS) is 19.8. The molecule has 2 aromatic rings. The summed E-state index contributed by atoms with van der Waals surface area (Å²) in [6.07, 6.45) is 2.93. The fourth-order valence-electron chi connectivity index (χ4n) is 2.05.